The average molecular weight is 272 g/mol. The molecule has 2 unspecified atom stereocenters. The third-order valence-corrected chi connectivity index (χ3v) is 4.67. The van der Waals surface area contributed by atoms with Crippen molar-refractivity contribution < 1.29 is 4.79 Å². The summed E-state index contributed by atoms with van der Waals surface area (Å²) in [6.07, 6.45) is 7.30. The SMILES string of the molecule is O=C1CC(NC(c2ccccc2)C2CCCCC2)CN1. The summed E-state index contributed by atoms with van der Waals surface area (Å²) in [5, 5.41) is 6.68. The Balaban J connectivity index is 1.74. The molecule has 1 aromatic rings. The fourth-order valence-corrected chi connectivity index (χ4v) is 3.61. The van der Waals surface area contributed by atoms with Gasteiger partial charge in [-0.25, -0.2) is 0 Å². The van der Waals surface area contributed by atoms with Crippen molar-refractivity contribution in [2.75, 3.05) is 6.54 Å². The summed E-state index contributed by atoms with van der Waals surface area (Å²) in [4.78, 5) is 11.4. The van der Waals surface area contributed by atoms with Gasteiger partial charge in [-0.2, -0.15) is 0 Å². The molecule has 2 atom stereocenters. The van der Waals surface area contributed by atoms with Crippen molar-refractivity contribution in [3.63, 3.8) is 0 Å². The van der Waals surface area contributed by atoms with Gasteiger partial charge < -0.3 is 10.6 Å². The van der Waals surface area contributed by atoms with E-state index in [4.69, 9.17) is 0 Å². The first-order valence-electron chi connectivity index (χ1n) is 7.90. The molecule has 3 heteroatoms. The van der Waals surface area contributed by atoms with Crippen molar-refractivity contribution in [2.24, 2.45) is 5.92 Å². The number of rotatable bonds is 4. The Labute approximate surface area is 121 Å². The third-order valence-electron chi connectivity index (χ3n) is 4.67. The van der Waals surface area contributed by atoms with Gasteiger partial charge in [-0.1, -0.05) is 49.6 Å². The Morgan fingerprint density at radius 2 is 1.85 bits per heavy atom. The maximum absolute atomic E-state index is 11.4. The molecular weight excluding hydrogens is 248 g/mol. The maximum Gasteiger partial charge on any atom is 0.221 e. The van der Waals surface area contributed by atoms with E-state index in [2.05, 4.69) is 41.0 Å². The van der Waals surface area contributed by atoms with Crippen LogP contribution >= 0.6 is 0 Å². The number of hydrogen-bond acceptors (Lipinski definition) is 2. The Morgan fingerprint density at radius 3 is 2.50 bits per heavy atom. The lowest BCUT2D eigenvalue weighted by Crippen LogP contribution is -2.38. The van der Waals surface area contributed by atoms with Crippen LogP contribution in [0.2, 0.25) is 0 Å². The highest BCUT2D eigenvalue weighted by Gasteiger charge is 2.29. The second-order valence-electron chi connectivity index (χ2n) is 6.16. The Kier molecular flexibility index (Phi) is 4.36. The molecule has 1 aromatic carbocycles. The van der Waals surface area contributed by atoms with E-state index >= 15 is 0 Å². The molecule has 3 rings (SSSR count). The molecule has 2 N–H and O–H groups in total. The Bertz CT molecular complexity index is 440. The van der Waals surface area contributed by atoms with Crippen LogP contribution in [-0.2, 0) is 4.79 Å². The molecule has 0 aromatic heterocycles. The van der Waals surface area contributed by atoms with Gasteiger partial charge in [0, 0.05) is 25.0 Å². The lowest BCUT2D eigenvalue weighted by Gasteiger charge is -2.33. The largest absolute Gasteiger partial charge is 0.354 e. The third kappa shape index (κ3) is 3.21. The van der Waals surface area contributed by atoms with Gasteiger partial charge in [-0.15, -0.1) is 0 Å². The van der Waals surface area contributed by atoms with Crippen molar-refractivity contribution >= 4 is 5.91 Å². The first-order chi connectivity index (χ1) is 9.83. The minimum absolute atomic E-state index is 0.179. The molecule has 1 aliphatic heterocycles. The van der Waals surface area contributed by atoms with E-state index in [0.29, 0.717) is 18.4 Å². The quantitative estimate of drug-likeness (QED) is 0.885. The summed E-state index contributed by atoms with van der Waals surface area (Å²) >= 11 is 0. The van der Waals surface area contributed by atoms with Gasteiger partial charge in [0.1, 0.15) is 0 Å². The van der Waals surface area contributed by atoms with Crippen LogP contribution in [0.5, 0.6) is 0 Å². The van der Waals surface area contributed by atoms with E-state index in [1.54, 1.807) is 0 Å². The van der Waals surface area contributed by atoms with Gasteiger partial charge in [0.25, 0.3) is 0 Å². The van der Waals surface area contributed by atoms with Crippen LogP contribution < -0.4 is 10.6 Å². The highest BCUT2D eigenvalue weighted by molar-refractivity contribution is 5.78. The molecule has 1 aliphatic carbocycles. The zero-order valence-corrected chi connectivity index (χ0v) is 12.0. The molecule has 2 aliphatic rings. The smallest absolute Gasteiger partial charge is 0.221 e. The van der Waals surface area contributed by atoms with Gasteiger partial charge in [-0.05, 0) is 24.3 Å². The molecule has 2 fully saturated rings. The Morgan fingerprint density at radius 1 is 1.10 bits per heavy atom. The zero-order valence-electron chi connectivity index (χ0n) is 12.0. The summed E-state index contributed by atoms with van der Waals surface area (Å²) in [5.41, 5.74) is 1.37. The molecular formula is C17H24N2O. The van der Waals surface area contributed by atoms with E-state index < -0.39 is 0 Å². The molecule has 1 saturated heterocycles. The fraction of sp³-hybridized carbons (Fsp3) is 0.588. The number of amides is 1. The number of hydrogen-bond donors (Lipinski definition) is 2. The van der Waals surface area contributed by atoms with E-state index in [9.17, 15) is 4.79 Å². The predicted octanol–water partition coefficient (Wildman–Crippen LogP) is 2.79. The molecule has 0 spiro atoms. The highest BCUT2D eigenvalue weighted by atomic mass is 16.1. The van der Waals surface area contributed by atoms with Crippen LogP contribution in [0.4, 0.5) is 0 Å². The number of carbonyl (C=O) groups is 1. The standard InChI is InChI=1S/C17H24N2O/c20-16-11-15(12-18-16)19-17(13-7-3-1-4-8-13)14-9-5-2-6-10-14/h1,3-4,7-8,14-15,17,19H,2,5-6,9-12H2,(H,18,20). The summed E-state index contributed by atoms with van der Waals surface area (Å²) in [6.45, 7) is 0.773. The van der Waals surface area contributed by atoms with Gasteiger partial charge in [0.15, 0.2) is 0 Å². The van der Waals surface area contributed by atoms with Crippen molar-refractivity contribution in [1.29, 1.82) is 0 Å². The number of carbonyl (C=O) groups excluding carboxylic acids is 1. The summed E-state index contributed by atoms with van der Waals surface area (Å²) in [6, 6.07) is 11.4. The molecule has 0 bridgehead atoms. The first-order valence-corrected chi connectivity index (χ1v) is 7.90. The lowest BCUT2D eigenvalue weighted by atomic mass is 9.81. The minimum atomic E-state index is 0.179. The van der Waals surface area contributed by atoms with Crippen LogP contribution in [0.25, 0.3) is 0 Å². The topological polar surface area (TPSA) is 41.1 Å². The van der Waals surface area contributed by atoms with Crippen molar-refractivity contribution in [3.8, 4) is 0 Å². The van der Waals surface area contributed by atoms with Crippen LogP contribution in [0.15, 0.2) is 30.3 Å². The van der Waals surface area contributed by atoms with Crippen LogP contribution in [0, 0.1) is 5.92 Å². The highest BCUT2D eigenvalue weighted by Crippen LogP contribution is 2.35. The summed E-state index contributed by atoms with van der Waals surface area (Å²) in [7, 11) is 0. The van der Waals surface area contributed by atoms with Crippen molar-refractivity contribution in [1.82, 2.24) is 10.6 Å². The summed E-state index contributed by atoms with van der Waals surface area (Å²) < 4.78 is 0. The van der Waals surface area contributed by atoms with Crippen LogP contribution in [0.1, 0.15) is 50.1 Å². The number of benzene rings is 1. The van der Waals surface area contributed by atoms with Gasteiger partial charge in [0.2, 0.25) is 5.91 Å². The first kappa shape index (κ1) is 13.6. The monoisotopic (exact) mass is 272 g/mol. The Hall–Kier alpha value is -1.35. The average Bonchev–Trinajstić information content (AvgIpc) is 2.92. The number of nitrogens with one attached hydrogen (secondary N) is 2. The minimum Gasteiger partial charge on any atom is -0.354 e. The van der Waals surface area contributed by atoms with Crippen molar-refractivity contribution in [3.05, 3.63) is 35.9 Å². The fourth-order valence-electron chi connectivity index (χ4n) is 3.61. The predicted molar refractivity (Wildman–Crippen MR) is 80.3 cm³/mol. The zero-order chi connectivity index (χ0) is 13.8. The molecule has 1 amide bonds. The maximum atomic E-state index is 11.4. The van der Waals surface area contributed by atoms with E-state index in [-0.39, 0.29) is 11.9 Å². The van der Waals surface area contributed by atoms with Crippen molar-refractivity contribution in [2.45, 2.75) is 50.6 Å². The van der Waals surface area contributed by atoms with Crippen LogP contribution in [-0.4, -0.2) is 18.5 Å². The molecule has 20 heavy (non-hydrogen) atoms. The molecule has 3 nitrogen and oxygen atoms in total. The van der Waals surface area contributed by atoms with Gasteiger partial charge in [-0.3, -0.25) is 4.79 Å². The van der Waals surface area contributed by atoms with Crippen LogP contribution in [0.3, 0.4) is 0 Å². The van der Waals surface area contributed by atoms with Gasteiger partial charge >= 0.3 is 0 Å². The molecule has 108 valence electrons. The summed E-state index contributed by atoms with van der Waals surface area (Å²) in [5.74, 6) is 0.889. The molecule has 1 saturated carbocycles. The van der Waals surface area contributed by atoms with E-state index in [0.717, 1.165) is 6.54 Å². The molecule has 1 heterocycles. The normalized spacial score (nSPS) is 25.4. The van der Waals surface area contributed by atoms with Gasteiger partial charge in [0.05, 0.1) is 0 Å². The lowest BCUT2D eigenvalue weighted by molar-refractivity contribution is -0.119. The molecule has 0 radical (unpaired) electrons. The van der Waals surface area contributed by atoms with E-state index in [1.165, 1.54) is 37.7 Å². The van der Waals surface area contributed by atoms with E-state index in [1.807, 2.05) is 0 Å². The second-order valence-corrected chi connectivity index (χ2v) is 6.16. The second kappa shape index (κ2) is 6.40.